The molecule has 216 valence electrons. The molecule has 2 heterocycles. The van der Waals surface area contributed by atoms with Gasteiger partial charge >= 0.3 is 0 Å². The van der Waals surface area contributed by atoms with Crippen molar-refractivity contribution < 1.29 is 29.0 Å². The van der Waals surface area contributed by atoms with Crippen LogP contribution < -0.4 is 11.1 Å². The molecule has 0 radical (unpaired) electrons. The molecule has 3 amide bonds. The van der Waals surface area contributed by atoms with E-state index in [0.717, 1.165) is 16.6 Å². The molecule has 1 saturated carbocycles. The van der Waals surface area contributed by atoms with Gasteiger partial charge in [-0.1, -0.05) is 19.9 Å². The largest absolute Gasteiger partial charge is 0.396 e. The molecule has 11 heteroatoms. The highest BCUT2D eigenvalue weighted by Gasteiger charge is 2.59. The molecular formula is C29H37FN4O5S. The second-order valence-corrected chi connectivity index (χ2v) is 13.2. The number of hydrogen-bond donors (Lipinski definition) is 4. The summed E-state index contributed by atoms with van der Waals surface area (Å²) in [5.41, 5.74) is 5.22. The number of anilines is 1. The second kappa shape index (κ2) is 10.8. The van der Waals surface area contributed by atoms with Crippen molar-refractivity contribution in [2.45, 2.75) is 64.4 Å². The number of hydrogen-bond acceptors (Lipinski definition) is 7. The van der Waals surface area contributed by atoms with Gasteiger partial charge in [-0.3, -0.25) is 19.7 Å². The molecule has 0 spiro atoms. The molecular weight excluding hydrogens is 535 g/mol. The van der Waals surface area contributed by atoms with Crippen LogP contribution in [0.4, 0.5) is 9.52 Å². The molecule has 9 nitrogen and oxygen atoms in total. The number of likely N-dealkylation sites (tertiary alicyclic amines) is 1. The third-order valence-corrected chi connectivity index (χ3v) is 10.8. The van der Waals surface area contributed by atoms with E-state index in [2.05, 4.69) is 12.2 Å². The van der Waals surface area contributed by atoms with Gasteiger partial charge in [0.05, 0.1) is 18.4 Å². The molecule has 1 aromatic heterocycles. The van der Waals surface area contributed by atoms with Crippen molar-refractivity contribution in [3.05, 3.63) is 46.2 Å². The number of halogens is 1. The first-order chi connectivity index (χ1) is 19.0. The van der Waals surface area contributed by atoms with Crippen LogP contribution in [-0.2, 0) is 16.0 Å². The van der Waals surface area contributed by atoms with Gasteiger partial charge in [-0.2, -0.15) is 0 Å². The predicted molar refractivity (Wildman–Crippen MR) is 148 cm³/mol. The SMILES string of the molecule is CC1(CO)C(O)CCC2(C)C(CC(=O)N3CCC(C(N)=O)CC3)c3nc(NC(=O)c4cccc(F)c4)sc3CC12. The van der Waals surface area contributed by atoms with E-state index in [-0.39, 0.29) is 48.2 Å². The summed E-state index contributed by atoms with van der Waals surface area (Å²) in [4.78, 5) is 45.6. The van der Waals surface area contributed by atoms with E-state index in [9.17, 15) is 29.0 Å². The van der Waals surface area contributed by atoms with Gasteiger partial charge in [-0.25, -0.2) is 9.37 Å². The smallest absolute Gasteiger partial charge is 0.257 e. The van der Waals surface area contributed by atoms with Gasteiger partial charge in [0.15, 0.2) is 5.13 Å². The van der Waals surface area contributed by atoms with E-state index in [1.807, 2.05) is 6.92 Å². The highest BCUT2D eigenvalue weighted by atomic mass is 32.1. The van der Waals surface area contributed by atoms with Crippen LogP contribution in [0.25, 0.3) is 0 Å². The number of nitrogens with zero attached hydrogens (tertiary/aromatic N) is 2. The van der Waals surface area contributed by atoms with Crippen LogP contribution in [0.3, 0.4) is 0 Å². The van der Waals surface area contributed by atoms with Crippen molar-refractivity contribution in [2.24, 2.45) is 28.4 Å². The Balaban J connectivity index is 1.46. The summed E-state index contributed by atoms with van der Waals surface area (Å²) in [6.45, 7) is 4.78. The Kier molecular flexibility index (Phi) is 7.75. The summed E-state index contributed by atoms with van der Waals surface area (Å²) in [6, 6.07) is 5.43. The minimum absolute atomic E-state index is 0.0316. The first-order valence-corrected chi connectivity index (χ1v) is 14.7. The fourth-order valence-corrected chi connectivity index (χ4v) is 8.28. The molecule has 2 aliphatic carbocycles. The highest BCUT2D eigenvalue weighted by Crippen LogP contribution is 2.63. The Labute approximate surface area is 237 Å². The van der Waals surface area contributed by atoms with Gasteiger partial charge in [-0.15, -0.1) is 11.3 Å². The molecule has 5 atom stereocenters. The molecule has 2 fully saturated rings. The molecule has 2 aromatic rings. The molecule has 40 heavy (non-hydrogen) atoms. The van der Waals surface area contributed by atoms with Crippen LogP contribution in [-0.4, -0.2) is 63.6 Å². The van der Waals surface area contributed by atoms with Gasteiger partial charge in [0.25, 0.3) is 5.91 Å². The number of rotatable bonds is 6. The zero-order chi connectivity index (χ0) is 28.8. The number of benzene rings is 1. The van der Waals surface area contributed by atoms with Crippen molar-refractivity contribution in [3.63, 3.8) is 0 Å². The van der Waals surface area contributed by atoms with E-state index in [0.29, 0.717) is 50.3 Å². The summed E-state index contributed by atoms with van der Waals surface area (Å²) >= 11 is 1.32. The Bertz CT molecular complexity index is 1310. The first kappa shape index (κ1) is 28.6. The molecule has 5 rings (SSSR count). The average Bonchev–Trinajstić information content (AvgIpc) is 3.34. The molecule has 3 aliphatic rings. The van der Waals surface area contributed by atoms with Crippen molar-refractivity contribution >= 4 is 34.2 Å². The molecule has 1 saturated heterocycles. The van der Waals surface area contributed by atoms with E-state index in [1.54, 1.807) is 4.90 Å². The van der Waals surface area contributed by atoms with Crippen LogP contribution in [0.15, 0.2) is 24.3 Å². The van der Waals surface area contributed by atoms with Crippen molar-refractivity contribution in [1.82, 2.24) is 9.88 Å². The third kappa shape index (κ3) is 5.03. The summed E-state index contributed by atoms with van der Waals surface area (Å²) < 4.78 is 13.7. The Morgan fingerprint density at radius 3 is 2.60 bits per heavy atom. The predicted octanol–water partition coefficient (Wildman–Crippen LogP) is 3.06. The number of aliphatic hydroxyl groups is 2. The van der Waals surface area contributed by atoms with E-state index < -0.39 is 28.7 Å². The van der Waals surface area contributed by atoms with Crippen LogP contribution in [0.1, 0.15) is 72.8 Å². The van der Waals surface area contributed by atoms with Gasteiger partial charge in [0, 0.05) is 47.2 Å². The fraction of sp³-hybridized carbons (Fsp3) is 0.586. The Morgan fingerprint density at radius 2 is 1.95 bits per heavy atom. The van der Waals surface area contributed by atoms with E-state index in [4.69, 9.17) is 10.7 Å². The lowest BCUT2D eigenvalue weighted by atomic mass is 9.47. The lowest BCUT2D eigenvalue weighted by molar-refractivity contribution is -0.148. The average molecular weight is 573 g/mol. The quantitative estimate of drug-likeness (QED) is 0.419. The maximum absolute atomic E-state index is 13.7. The Morgan fingerprint density at radius 1 is 1.23 bits per heavy atom. The van der Waals surface area contributed by atoms with Crippen molar-refractivity contribution in [3.8, 4) is 0 Å². The standard InChI is InChI=1S/C29H37FN4O5S/c1-28-9-6-22(36)29(2,15-35)21(28)14-20-24(19(28)13-23(37)34-10-7-16(8-11-34)25(31)38)32-27(40-20)33-26(39)17-4-3-5-18(30)12-17/h3-5,12,16,19,21-22,35-36H,6-11,13-15H2,1-2H3,(H2,31,38)(H,32,33,39). The lowest BCUT2D eigenvalue weighted by Gasteiger charge is -2.58. The van der Waals surface area contributed by atoms with Gasteiger partial charge in [0.1, 0.15) is 5.82 Å². The molecule has 0 bridgehead atoms. The number of carbonyl (C=O) groups is 3. The molecule has 1 aromatic carbocycles. The molecule has 5 N–H and O–H groups in total. The summed E-state index contributed by atoms with van der Waals surface area (Å²) in [7, 11) is 0. The number of nitrogens with one attached hydrogen (secondary N) is 1. The zero-order valence-corrected chi connectivity index (χ0v) is 23.7. The first-order valence-electron chi connectivity index (χ1n) is 13.9. The fourth-order valence-electron chi connectivity index (χ4n) is 7.22. The summed E-state index contributed by atoms with van der Waals surface area (Å²) in [6.07, 6.45) is 2.32. The number of aromatic nitrogens is 1. The maximum atomic E-state index is 13.7. The van der Waals surface area contributed by atoms with Crippen LogP contribution in [0.2, 0.25) is 0 Å². The topological polar surface area (TPSA) is 146 Å². The van der Waals surface area contributed by atoms with Gasteiger partial charge in [0.2, 0.25) is 11.8 Å². The maximum Gasteiger partial charge on any atom is 0.257 e. The number of thiazole rings is 1. The number of fused-ring (bicyclic) bond motifs is 2. The van der Waals surface area contributed by atoms with Crippen LogP contribution in [0, 0.1) is 28.5 Å². The van der Waals surface area contributed by atoms with E-state index in [1.165, 1.54) is 29.5 Å². The number of aliphatic hydroxyl groups excluding tert-OH is 2. The normalized spacial score (nSPS) is 30.3. The number of piperidine rings is 1. The van der Waals surface area contributed by atoms with Gasteiger partial charge in [-0.05, 0) is 61.6 Å². The minimum Gasteiger partial charge on any atom is -0.396 e. The number of nitrogens with two attached hydrogens (primary N) is 1. The number of primary amides is 1. The minimum atomic E-state index is -0.763. The summed E-state index contributed by atoms with van der Waals surface area (Å²) in [5, 5.41) is 24.6. The van der Waals surface area contributed by atoms with Crippen molar-refractivity contribution in [1.29, 1.82) is 0 Å². The van der Waals surface area contributed by atoms with Crippen LogP contribution in [0.5, 0.6) is 0 Å². The number of amides is 3. The third-order valence-electron chi connectivity index (χ3n) is 9.83. The van der Waals surface area contributed by atoms with Crippen molar-refractivity contribution in [2.75, 3.05) is 25.0 Å². The van der Waals surface area contributed by atoms with Gasteiger partial charge < -0.3 is 20.8 Å². The highest BCUT2D eigenvalue weighted by molar-refractivity contribution is 7.15. The number of carbonyl (C=O) groups excluding carboxylic acids is 3. The summed E-state index contributed by atoms with van der Waals surface area (Å²) in [5.74, 6) is -1.99. The second-order valence-electron chi connectivity index (χ2n) is 12.1. The lowest BCUT2D eigenvalue weighted by Crippen LogP contribution is -2.58. The Hall–Kier alpha value is -2.89. The molecule has 5 unspecified atom stereocenters. The monoisotopic (exact) mass is 572 g/mol. The van der Waals surface area contributed by atoms with E-state index >= 15 is 0 Å². The zero-order valence-electron chi connectivity index (χ0n) is 22.9. The molecule has 1 aliphatic heterocycles. The van der Waals surface area contributed by atoms with Crippen LogP contribution >= 0.6 is 11.3 Å².